The predicted octanol–water partition coefficient (Wildman–Crippen LogP) is 1.99. The normalized spacial score (nSPS) is 20.3. The Morgan fingerprint density at radius 1 is 1.22 bits per heavy atom. The number of carbonyl (C=O) groups is 1. The van der Waals surface area contributed by atoms with Gasteiger partial charge in [-0.3, -0.25) is 4.79 Å². The molecule has 9 heteroatoms. The number of nitrogens with zero attached hydrogens (tertiary/aromatic N) is 1. The molecule has 5 nitrogen and oxygen atoms in total. The van der Waals surface area contributed by atoms with Crippen molar-refractivity contribution in [2.24, 2.45) is 0 Å². The molecule has 1 atom stereocenters. The fourth-order valence-corrected chi connectivity index (χ4v) is 4.23. The second-order valence-corrected chi connectivity index (χ2v) is 7.15. The third kappa shape index (κ3) is 3.66. The van der Waals surface area contributed by atoms with Crippen LogP contribution in [-0.2, 0) is 21.0 Å². The molecule has 1 fully saturated rings. The van der Waals surface area contributed by atoms with Gasteiger partial charge >= 0.3 is 6.18 Å². The van der Waals surface area contributed by atoms with Crippen molar-refractivity contribution >= 4 is 15.9 Å². The number of nitrogens with one attached hydrogen (secondary N) is 1. The largest absolute Gasteiger partial charge is 0.416 e. The van der Waals surface area contributed by atoms with Gasteiger partial charge in [0.05, 0.1) is 10.5 Å². The van der Waals surface area contributed by atoms with Gasteiger partial charge in [0.15, 0.2) is 0 Å². The van der Waals surface area contributed by atoms with Gasteiger partial charge in [-0.05, 0) is 37.1 Å². The van der Waals surface area contributed by atoms with Crippen LogP contribution in [0.3, 0.4) is 0 Å². The van der Waals surface area contributed by atoms with Gasteiger partial charge in [0.2, 0.25) is 15.9 Å². The van der Waals surface area contributed by atoms with Gasteiger partial charge in [0.25, 0.3) is 0 Å². The van der Waals surface area contributed by atoms with Crippen molar-refractivity contribution in [3.05, 3.63) is 29.8 Å². The van der Waals surface area contributed by atoms with Crippen LogP contribution in [-0.4, -0.2) is 38.3 Å². The van der Waals surface area contributed by atoms with Crippen molar-refractivity contribution in [3.63, 3.8) is 0 Å². The van der Waals surface area contributed by atoms with Gasteiger partial charge in [0.1, 0.15) is 6.04 Å². The topological polar surface area (TPSA) is 66.5 Å². The van der Waals surface area contributed by atoms with Gasteiger partial charge < -0.3 is 5.32 Å². The highest BCUT2D eigenvalue weighted by Crippen LogP contribution is 2.31. The lowest BCUT2D eigenvalue weighted by Gasteiger charge is -2.33. The molecule has 1 aliphatic heterocycles. The van der Waals surface area contributed by atoms with Crippen molar-refractivity contribution in [2.45, 2.75) is 36.4 Å². The van der Waals surface area contributed by atoms with Crippen LogP contribution in [0, 0.1) is 0 Å². The van der Waals surface area contributed by atoms with Crippen molar-refractivity contribution in [3.8, 4) is 0 Å². The van der Waals surface area contributed by atoms with E-state index in [1.54, 1.807) is 0 Å². The summed E-state index contributed by atoms with van der Waals surface area (Å²) in [7, 11) is -2.61. The molecule has 0 unspecified atom stereocenters. The number of likely N-dealkylation sites (N-methyl/N-ethyl adjacent to an activating group) is 1. The van der Waals surface area contributed by atoms with Crippen molar-refractivity contribution in [1.29, 1.82) is 0 Å². The lowest BCUT2D eigenvalue weighted by molar-refractivity contribution is -0.137. The van der Waals surface area contributed by atoms with Crippen molar-refractivity contribution in [2.75, 3.05) is 13.6 Å². The molecule has 0 bridgehead atoms. The lowest BCUT2D eigenvalue weighted by Crippen LogP contribution is -2.51. The Morgan fingerprint density at radius 2 is 1.83 bits per heavy atom. The highest BCUT2D eigenvalue weighted by atomic mass is 32.2. The first-order valence-electron chi connectivity index (χ1n) is 7.08. The average Bonchev–Trinajstić information content (AvgIpc) is 2.53. The number of sulfonamides is 1. The van der Waals surface area contributed by atoms with E-state index < -0.39 is 33.7 Å². The number of hydrogen-bond acceptors (Lipinski definition) is 3. The number of piperidine rings is 1. The second-order valence-electron chi connectivity index (χ2n) is 5.26. The molecule has 1 aliphatic rings. The number of alkyl halides is 3. The maximum Gasteiger partial charge on any atom is 0.416 e. The standard InChI is InChI=1S/C14H17F3N2O3S/c1-18-13(20)12-4-2-3-9-19(12)23(21,22)11-7-5-10(6-8-11)14(15,16)17/h5-8,12H,2-4,9H2,1H3,(H,18,20)/t12-/m0/s1. The second kappa shape index (κ2) is 6.48. The number of halogens is 3. The zero-order chi connectivity index (χ0) is 17.3. The summed E-state index contributed by atoms with van der Waals surface area (Å²) in [6.07, 6.45) is -2.82. The molecular weight excluding hydrogens is 333 g/mol. The molecule has 128 valence electrons. The molecule has 1 aromatic carbocycles. The van der Waals surface area contributed by atoms with Crippen LogP contribution < -0.4 is 5.32 Å². The number of amides is 1. The zero-order valence-corrected chi connectivity index (χ0v) is 13.2. The fourth-order valence-electron chi connectivity index (χ4n) is 2.57. The third-order valence-electron chi connectivity index (χ3n) is 3.79. The minimum atomic E-state index is -4.53. The van der Waals surface area contributed by atoms with Crippen LogP contribution in [0.1, 0.15) is 24.8 Å². The van der Waals surface area contributed by atoms with E-state index in [4.69, 9.17) is 0 Å². The van der Waals surface area contributed by atoms with Gasteiger partial charge in [-0.15, -0.1) is 0 Å². The number of benzene rings is 1. The molecule has 0 aliphatic carbocycles. The van der Waals surface area contributed by atoms with Crippen LogP contribution in [0.25, 0.3) is 0 Å². The molecule has 0 aromatic heterocycles. The van der Waals surface area contributed by atoms with E-state index in [1.807, 2.05) is 0 Å². The maximum atomic E-state index is 12.6. The predicted molar refractivity (Wildman–Crippen MR) is 77.0 cm³/mol. The minimum absolute atomic E-state index is 0.168. The summed E-state index contributed by atoms with van der Waals surface area (Å²) in [5.74, 6) is -0.416. The minimum Gasteiger partial charge on any atom is -0.358 e. The first-order valence-corrected chi connectivity index (χ1v) is 8.52. The molecular formula is C14H17F3N2O3S. The summed E-state index contributed by atoms with van der Waals surface area (Å²) in [5.41, 5.74) is -0.919. The molecule has 1 aromatic rings. The molecule has 23 heavy (non-hydrogen) atoms. The number of hydrogen-bond donors (Lipinski definition) is 1. The molecule has 2 rings (SSSR count). The van der Waals surface area contributed by atoms with Gasteiger partial charge in [-0.2, -0.15) is 17.5 Å². The fraction of sp³-hybridized carbons (Fsp3) is 0.500. The van der Waals surface area contributed by atoms with Crippen molar-refractivity contribution in [1.82, 2.24) is 9.62 Å². The summed E-state index contributed by atoms with van der Waals surface area (Å²) in [4.78, 5) is 11.6. The van der Waals surface area contributed by atoms with E-state index in [0.717, 1.165) is 35.0 Å². The van der Waals surface area contributed by atoms with E-state index >= 15 is 0 Å². The smallest absolute Gasteiger partial charge is 0.358 e. The first-order chi connectivity index (χ1) is 10.7. The van der Waals surface area contributed by atoms with E-state index in [0.29, 0.717) is 12.8 Å². The highest BCUT2D eigenvalue weighted by molar-refractivity contribution is 7.89. The molecule has 0 saturated carbocycles. The Hall–Kier alpha value is -1.61. The quantitative estimate of drug-likeness (QED) is 0.907. The van der Waals surface area contributed by atoms with Gasteiger partial charge in [-0.25, -0.2) is 8.42 Å². The Morgan fingerprint density at radius 3 is 2.35 bits per heavy atom. The third-order valence-corrected chi connectivity index (χ3v) is 5.71. The highest BCUT2D eigenvalue weighted by Gasteiger charge is 2.38. The molecule has 1 amide bonds. The Balaban J connectivity index is 2.34. The summed E-state index contributed by atoms with van der Waals surface area (Å²) >= 11 is 0. The molecule has 1 heterocycles. The van der Waals surface area contributed by atoms with Crippen LogP contribution in [0.4, 0.5) is 13.2 Å². The monoisotopic (exact) mass is 350 g/mol. The van der Waals surface area contributed by atoms with Gasteiger partial charge in [-0.1, -0.05) is 6.42 Å². The van der Waals surface area contributed by atoms with Crippen LogP contribution in [0.15, 0.2) is 29.2 Å². The zero-order valence-electron chi connectivity index (χ0n) is 12.4. The summed E-state index contributed by atoms with van der Waals surface area (Å²) in [5, 5.41) is 2.42. The molecule has 0 radical (unpaired) electrons. The van der Waals surface area contributed by atoms with Crippen LogP contribution >= 0.6 is 0 Å². The molecule has 0 spiro atoms. The summed E-state index contributed by atoms with van der Waals surface area (Å²) in [6.45, 7) is 0.168. The molecule has 1 N–H and O–H groups in total. The Labute approximate surface area is 132 Å². The van der Waals surface area contributed by atoms with E-state index in [-0.39, 0.29) is 11.4 Å². The maximum absolute atomic E-state index is 12.6. The van der Waals surface area contributed by atoms with Crippen LogP contribution in [0.5, 0.6) is 0 Å². The number of carbonyl (C=O) groups excluding carboxylic acids is 1. The average molecular weight is 350 g/mol. The van der Waals surface area contributed by atoms with Gasteiger partial charge in [0, 0.05) is 13.6 Å². The molecule has 1 saturated heterocycles. The van der Waals surface area contributed by atoms with Crippen molar-refractivity contribution < 1.29 is 26.4 Å². The number of rotatable bonds is 3. The summed E-state index contributed by atoms with van der Waals surface area (Å²) < 4.78 is 64.1. The van der Waals surface area contributed by atoms with E-state index in [1.165, 1.54) is 7.05 Å². The summed E-state index contributed by atoms with van der Waals surface area (Å²) in [6, 6.07) is 2.47. The van der Waals surface area contributed by atoms with E-state index in [9.17, 15) is 26.4 Å². The first kappa shape index (κ1) is 17.7. The Kier molecular flexibility index (Phi) is 5.00. The SMILES string of the molecule is CNC(=O)[C@@H]1CCCCN1S(=O)(=O)c1ccc(C(F)(F)F)cc1. The van der Waals surface area contributed by atoms with E-state index in [2.05, 4.69) is 5.32 Å². The lowest BCUT2D eigenvalue weighted by atomic mass is 10.0. The Bertz CT molecular complexity index is 672. The van der Waals surface area contributed by atoms with Crippen LogP contribution in [0.2, 0.25) is 0 Å².